The fourth-order valence-electron chi connectivity index (χ4n) is 2.98. The molecule has 2 rings (SSSR count). The molecule has 2 aromatic carbocycles. The van der Waals surface area contributed by atoms with Crippen molar-refractivity contribution >= 4 is 46.6 Å². The van der Waals surface area contributed by atoms with Crippen molar-refractivity contribution in [1.82, 2.24) is 0 Å². The number of aryl methyl sites for hydroxylation is 2. The zero-order chi connectivity index (χ0) is 20.7. The molecule has 0 heterocycles. The lowest BCUT2D eigenvalue weighted by Crippen LogP contribution is -2.17. The van der Waals surface area contributed by atoms with Crippen molar-refractivity contribution in [3.05, 3.63) is 64.7 Å². The molecule has 1 atom stereocenters. The molecule has 150 valence electrons. The first-order chi connectivity index (χ1) is 13.3. The summed E-state index contributed by atoms with van der Waals surface area (Å²) in [6.07, 6.45) is 0. The van der Waals surface area contributed by atoms with Crippen molar-refractivity contribution in [1.29, 1.82) is 0 Å². The van der Waals surface area contributed by atoms with Gasteiger partial charge in [-0.15, -0.1) is 0 Å². The lowest BCUT2D eigenvalue weighted by molar-refractivity contribution is 0.105. The lowest BCUT2D eigenvalue weighted by atomic mass is 10.0. The van der Waals surface area contributed by atoms with Gasteiger partial charge in [0, 0.05) is 16.6 Å². The van der Waals surface area contributed by atoms with Gasteiger partial charge in [-0.3, -0.25) is 9.36 Å². The molecule has 0 amide bonds. The summed E-state index contributed by atoms with van der Waals surface area (Å²) in [5, 5.41) is 0.419. The van der Waals surface area contributed by atoms with E-state index in [9.17, 15) is 9.36 Å². The Labute approximate surface area is 176 Å². The van der Waals surface area contributed by atoms with E-state index in [0.717, 1.165) is 16.7 Å². The SMILES string of the molecule is CCOC(=S)SCc1cc(C)c(C(=O)P(=O)(OCC)c2ccccc2)c(C)c1. The normalized spacial score (nSPS) is 13.0. The molecule has 0 spiro atoms. The highest BCUT2D eigenvalue weighted by Gasteiger charge is 2.37. The second-order valence-corrected chi connectivity index (χ2v) is 10.0. The van der Waals surface area contributed by atoms with Crippen LogP contribution in [-0.4, -0.2) is 23.1 Å². The molecule has 0 aromatic heterocycles. The first-order valence-corrected chi connectivity index (χ1v) is 12.1. The molecule has 0 aliphatic rings. The standard InChI is InChI=1S/C21H25O4PS2/c1-5-24-21(27)28-14-17-12-15(3)19(16(4)13-17)20(22)26(23,25-6-2)18-10-8-7-9-11-18/h7-13H,5-6,14H2,1-4H3. The Bertz CT molecular complexity index is 874. The Morgan fingerprint density at radius 1 is 1.07 bits per heavy atom. The van der Waals surface area contributed by atoms with Crippen LogP contribution in [0, 0.1) is 13.8 Å². The Kier molecular flexibility index (Phi) is 8.44. The number of thioether (sulfide) groups is 1. The molecular weight excluding hydrogens is 411 g/mol. The molecule has 0 saturated heterocycles. The first kappa shape index (κ1) is 22.8. The number of rotatable bonds is 8. The van der Waals surface area contributed by atoms with Gasteiger partial charge in [-0.2, -0.15) is 0 Å². The van der Waals surface area contributed by atoms with Gasteiger partial charge in [-0.05, 0) is 68.7 Å². The van der Waals surface area contributed by atoms with Gasteiger partial charge in [-0.25, -0.2) is 0 Å². The summed E-state index contributed by atoms with van der Waals surface area (Å²) < 4.78 is 24.9. The highest BCUT2D eigenvalue weighted by molar-refractivity contribution is 8.22. The van der Waals surface area contributed by atoms with Crippen molar-refractivity contribution in [2.45, 2.75) is 33.4 Å². The molecule has 0 fully saturated rings. The maximum atomic E-state index is 13.6. The quantitative estimate of drug-likeness (QED) is 0.394. The predicted octanol–water partition coefficient (Wildman–Crippen LogP) is 5.64. The number of carbonyl (C=O) groups excluding carboxylic acids is 1. The third-order valence-corrected chi connectivity index (χ3v) is 7.76. The number of benzene rings is 2. The first-order valence-electron chi connectivity index (χ1n) is 9.08. The van der Waals surface area contributed by atoms with E-state index < -0.39 is 12.9 Å². The summed E-state index contributed by atoms with van der Waals surface area (Å²) in [7, 11) is -3.68. The third-order valence-electron chi connectivity index (χ3n) is 4.10. The predicted molar refractivity (Wildman–Crippen MR) is 121 cm³/mol. The molecule has 1 unspecified atom stereocenters. The zero-order valence-electron chi connectivity index (χ0n) is 16.6. The minimum Gasteiger partial charge on any atom is -0.479 e. The van der Waals surface area contributed by atoms with E-state index >= 15 is 0 Å². The minimum atomic E-state index is -3.68. The molecule has 28 heavy (non-hydrogen) atoms. The van der Waals surface area contributed by atoms with Crippen molar-refractivity contribution in [3.8, 4) is 0 Å². The number of thiocarbonyl (C=S) groups is 1. The van der Waals surface area contributed by atoms with Crippen LogP contribution in [0.25, 0.3) is 0 Å². The molecular formula is C21H25O4PS2. The molecule has 2 aromatic rings. The second-order valence-electron chi connectivity index (χ2n) is 6.19. The van der Waals surface area contributed by atoms with Crippen molar-refractivity contribution in [2.24, 2.45) is 0 Å². The van der Waals surface area contributed by atoms with Crippen molar-refractivity contribution < 1.29 is 18.6 Å². The lowest BCUT2D eigenvalue weighted by Gasteiger charge is -2.20. The van der Waals surface area contributed by atoms with Gasteiger partial charge in [0.15, 0.2) is 0 Å². The summed E-state index contributed by atoms with van der Waals surface area (Å²) in [5.74, 6) is 0.650. The van der Waals surface area contributed by atoms with E-state index in [1.54, 1.807) is 31.2 Å². The Morgan fingerprint density at radius 2 is 1.68 bits per heavy atom. The Morgan fingerprint density at radius 3 is 2.21 bits per heavy atom. The monoisotopic (exact) mass is 436 g/mol. The van der Waals surface area contributed by atoms with Gasteiger partial charge in [0.05, 0.1) is 13.2 Å². The smallest absolute Gasteiger partial charge is 0.300 e. The largest absolute Gasteiger partial charge is 0.479 e. The highest BCUT2D eigenvalue weighted by Crippen LogP contribution is 2.50. The molecule has 0 radical (unpaired) electrons. The number of hydrogen-bond donors (Lipinski definition) is 0. The van der Waals surface area contributed by atoms with Crippen molar-refractivity contribution in [3.63, 3.8) is 0 Å². The average molecular weight is 437 g/mol. The van der Waals surface area contributed by atoms with Crippen LogP contribution in [0.4, 0.5) is 0 Å². The highest BCUT2D eigenvalue weighted by atomic mass is 32.2. The van der Waals surface area contributed by atoms with Gasteiger partial charge in [0.25, 0.3) is 5.52 Å². The van der Waals surface area contributed by atoms with E-state index in [4.69, 9.17) is 21.5 Å². The van der Waals surface area contributed by atoms with Crippen LogP contribution in [0.15, 0.2) is 42.5 Å². The van der Waals surface area contributed by atoms with E-state index in [0.29, 0.717) is 27.6 Å². The van der Waals surface area contributed by atoms with Crippen LogP contribution in [0.5, 0.6) is 0 Å². The fourth-order valence-corrected chi connectivity index (χ4v) is 6.00. The summed E-state index contributed by atoms with van der Waals surface area (Å²) in [6, 6.07) is 12.6. The Balaban J connectivity index is 2.36. The number of hydrogen-bond acceptors (Lipinski definition) is 6. The van der Waals surface area contributed by atoms with E-state index in [-0.39, 0.29) is 6.61 Å². The van der Waals surface area contributed by atoms with Gasteiger partial charge in [0.1, 0.15) is 0 Å². The van der Waals surface area contributed by atoms with Crippen LogP contribution in [0.3, 0.4) is 0 Å². The maximum Gasteiger partial charge on any atom is 0.300 e. The molecule has 0 N–H and O–H groups in total. The zero-order valence-corrected chi connectivity index (χ0v) is 19.1. The van der Waals surface area contributed by atoms with Crippen molar-refractivity contribution in [2.75, 3.05) is 13.2 Å². The van der Waals surface area contributed by atoms with Gasteiger partial charge in [-0.1, -0.05) is 42.1 Å². The second kappa shape index (κ2) is 10.4. The molecule has 0 aliphatic carbocycles. The average Bonchev–Trinajstić information content (AvgIpc) is 2.67. The summed E-state index contributed by atoms with van der Waals surface area (Å²) in [4.78, 5) is 13.3. The van der Waals surface area contributed by atoms with E-state index in [1.807, 2.05) is 39.0 Å². The van der Waals surface area contributed by atoms with Crippen LogP contribution >= 0.6 is 31.3 Å². The minimum absolute atomic E-state index is 0.194. The van der Waals surface area contributed by atoms with Gasteiger partial charge >= 0.3 is 7.37 Å². The summed E-state index contributed by atoms with van der Waals surface area (Å²) in [5.41, 5.74) is 2.59. The number of ether oxygens (including phenoxy) is 1. The van der Waals surface area contributed by atoms with Crippen LogP contribution in [0.1, 0.15) is 40.9 Å². The van der Waals surface area contributed by atoms with Crippen LogP contribution < -0.4 is 5.30 Å². The van der Waals surface area contributed by atoms with E-state index in [1.165, 1.54) is 11.8 Å². The molecule has 4 nitrogen and oxygen atoms in total. The van der Waals surface area contributed by atoms with Crippen LogP contribution in [0.2, 0.25) is 0 Å². The van der Waals surface area contributed by atoms with E-state index in [2.05, 4.69) is 0 Å². The third kappa shape index (κ3) is 5.32. The topological polar surface area (TPSA) is 52.6 Å². The van der Waals surface area contributed by atoms with Crippen LogP contribution in [-0.2, 0) is 19.6 Å². The Hall–Kier alpha value is -1.46. The number of carbonyl (C=O) groups is 1. The fraction of sp³-hybridized carbons (Fsp3) is 0.333. The molecule has 0 bridgehead atoms. The molecule has 7 heteroatoms. The summed E-state index contributed by atoms with van der Waals surface area (Å²) in [6.45, 7) is 8.09. The molecule has 0 aliphatic heterocycles. The summed E-state index contributed by atoms with van der Waals surface area (Å²) >= 11 is 6.59. The van der Waals surface area contributed by atoms with Gasteiger partial charge in [0.2, 0.25) is 4.38 Å². The molecule has 0 saturated carbocycles. The van der Waals surface area contributed by atoms with Gasteiger partial charge < -0.3 is 9.26 Å². The maximum absolute atomic E-state index is 13.6.